The van der Waals surface area contributed by atoms with Crippen molar-refractivity contribution in [1.82, 2.24) is 41.9 Å². The molecule has 1 rings (SSSR count). The molecule has 0 aliphatic carbocycles. The first-order valence-corrected chi connectivity index (χ1v) is 18.1. The van der Waals surface area contributed by atoms with E-state index < -0.39 is 102 Å². The first-order chi connectivity index (χ1) is 25.1. The van der Waals surface area contributed by atoms with E-state index in [9.17, 15) is 43.5 Å². The summed E-state index contributed by atoms with van der Waals surface area (Å²) in [7, 11) is 0. The second kappa shape index (κ2) is 22.9. The molecule has 0 radical (unpaired) electrons. The number of aromatic nitrogens is 2. The van der Waals surface area contributed by atoms with Gasteiger partial charge < -0.3 is 53.5 Å². The summed E-state index contributed by atoms with van der Waals surface area (Å²) in [5.74, 6) is -7.40. The Hall–Kier alpha value is -5.07. The third-order valence-electron chi connectivity index (χ3n) is 8.06. The molecule has 304 valence electrons. The average molecular weight is 765 g/mol. The van der Waals surface area contributed by atoms with Crippen LogP contribution in [0.25, 0.3) is 0 Å². The minimum absolute atomic E-state index is 0.0588. The Morgan fingerprint density at radius 1 is 0.685 bits per heavy atom. The highest BCUT2D eigenvalue weighted by Gasteiger charge is 2.34. The number of H-pyrrole nitrogens is 1. The summed E-state index contributed by atoms with van der Waals surface area (Å²) in [6.07, 6.45) is 2.70. The molecule has 19 heteroatoms. The van der Waals surface area contributed by atoms with Gasteiger partial charge in [0.25, 0.3) is 0 Å². The van der Waals surface area contributed by atoms with E-state index >= 15 is 0 Å². The van der Waals surface area contributed by atoms with Gasteiger partial charge in [-0.1, -0.05) is 55.4 Å². The molecule has 0 bridgehead atoms. The van der Waals surface area contributed by atoms with Crippen LogP contribution in [0.2, 0.25) is 0 Å². The van der Waals surface area contributed by atoms with Crippen LogP contribution in [0.3, 0.4) is 0 Å². The van der Waals surface area contributed by atoms with Crippen molar-refractivity contribution in [1.29, 1.82) is 0 Å². The van der Waals surface area contributed by atoms with Gasteiger partial charge in [-0.2, -0.15) is 0 Å². The van der Waals surface area contributed by atoms with Gasteiger partial charge in [0.1, 0.15) is 30.2 Å². The van der Waals surface area contributed by atoms with Crippen LogP contribution >= 0.6 is 0 Å². The number of amides is 7. The number of hydrogen-bond donors (Lipinski definition) is 10. The summed E-state index contributed by atoms with van der Waals surface area (Å²) in [6, 6.07) is -7.38. The number of carbonyl (C=O) groups excluding carboxylic acids is 7. The van der Waals surface area contributed by atoms with Gasteiger partial charge in [-0.05, 0) is 42.9 Å². The van der Waals surface area contributed by atoms with Crippen LogP contribution in [0.5, 0.6) is 0 Å². The van der Waals surface area contributed by atoms with E-state index in [2.05, 4.69) is 41.9 Å². The minimum atomic E-state index is -1.58. The molecule has 1 heterocycles. The van der Waals surface area contributed by atoms with Gasteiger partial charge in [0.15, 0.2) is 0 Å². The number of imidazole rings is 1. The Bertz CT molecular complexity index is 1430. The summed E-state index contributed by atoms with van der Waals surface area (Å²) < 4.78 is 0. The zero-order chi connectivity index (χ0) is 41.3. The van der Waals surface area contributed by atoms with Crippen LogP contribution in [0.4, 0.5) is 0 Å². The van der Waals surface area contributed by atoms with Gasteiger partial charge in [-0.15, -0.1) is 0 Å². The van der Waals surface area contributed by atoms with Crippen molar-refractivity contribution in [2.75, 3.05) is 6.54 Å². The third kappa shape index (κ3) is 17.6. The molecule has 0 fully saturated rings. The molecule has 12 N–H and O–H groups in total. The monoisotopic (exact) mass is 764 g/mol. The van der Waals surface area contributed by atoms with Gasteiger partial charge in [0.2, 0.25) is 41.4 Å². The molecule has 54 heavy (non-hydrogen) atoms. The topological polar surface area (TPSA) is 310 Å². The fourth-order valence-corrected chi connectivity index (χ4v) is 5.39. The van der Waals surface area contributed by atoms with E-state index in [0.29, 0.717) is 12.1 Å². The van der Waals surface area contributed by atoms with E-state index in [0.717, 1.165) is 0 Å². The van der Waals surface area contributed by atoms with E-state index in [4.69, 9.17) is 11.5 Å². The van der Waals surface area contributed by atoms with Crippen molar-refractivity contribution in [3.63, 3.8) is 0 Å². The van der Waals surface area contributed by atoms with Crippen molar-refractivity contribution in [2.24, 2.45) is 35.1 Å². The lowest BCUT2D eigenvalue weighted by molar-refractivity contribution is -0.143. The van der Waals surface area contributed by atoms with Crippen molar-refractivity contribution in [3.05, 3.63) is 18.2 Å². The van der Waals surface area contributed by atoms with Crippen LogP contribution in [0, 0.1) is 23.7 Å². The lowest BCUT2D eigenvalue weighted by Gasteiger charge is -2.28. The number of nitrogens with two attached hydrogens (primary N) is 2. The van der Waals surface area contributed by atoms with E-state index in [-0.39, 0.29) is 37.0 Å². The Labute approximate surface area is 316 Å². The Kier molecular flexibility index (Phi) is 19.9. The van der Waals surface area contributed by atoms with Crippen LogP contribution in [-0.2, 0) is 44.8 Å². The van der Waals surface area contributed by atoms with E-state index in [1.165, 1.54) is 12.5 Å². The number of carboxylic acids is 1. The number of nitrogens with zero attached hydrogens (tertiary/aromatic N) is 1. The normalized spacial score (nSPS) is 14.7. The second-order valence-corrected chi connectivity index (χ2v) is 15.0. The predicted molar refractivity (Wildman–Crippen MR) is 198 cm³/mol. The maximum absolute atomic E-state index is 13.7. The number of primary amides is 1. The molecule has 6 atom stereocenters. The zero-order valence-electron chi connectivity index (χ0n) is 32.5. The van der Waals surface area contributed by atoms with Crippen LogP contribution in [-0.4, -0.2) is 105 Å². The molecule has 19 nitrogen and oxygen atoms in total. The highest BCUT2D eigenvalue weighted by molar-refractivity contribution is 5.98. The molecular weight excluding hydrogens is 704 g/mol. The number of rotatable bonds is 24. The van der Waals surface area contributed by atoms with Gasteiger partial charge in [0, 0.05) is 18.3 Å². The molecule has 1 aromatic heterocycles. The molecule has 0 aliphatic heterocycles. The van der Waals surface area contributed by atoms with Crippen LogP contribution < -0.4 is 43.4 Å². The van der Waals surface area contributed by atoms with Gasteiger partial charge in [-0.3, -0.25) is 33.6 Å². The quantitative estimate of drug-likeness (QED) is 0.0582. The lowest BCUT2D eigenvalue weighted by atomic mass is 9.99. The largest absolute Gasteiger partial charge is 0.480 e. The molecule has 1 aromatic rings. The predicted octanol–water partition coefficient (Wildman–Crippen LogP) is -1.43. The van der Waals surface area contributed by atoms with Gasteiger partial charge >= 0.3 is 5.97 Å². The number of carboxylic acid groups (broad SMARTS) is 1. The fraction of sp³-hybridized carbons (Fsp3) is 0.686. The maximum atomic E-state index is 13.7. The summed E-state index contributed by atoms with van der Waals surface area (Å²) in [5.41, 5.74) is 11.8. The lowest BCUT2D eigenvalue weighted by Crippen LogP contribution is -2.60. The molecular formula is C35H60N10O9. The molecule has 0 saturated carbocycles. The Balaban J connectivity index is 3.21. The minimum Gasteiger partial charge on any atom is -0.480 e. The molecule has 0 spiro atoms. The summed E-state index contributed by atoms with van der Waals surface area (Å²) in [5, 5.41) is 24.6. The summed E-state index contributed by atoms with van der Waals surface area (Å²) in [4.78, 5) is 110. The number of carbonyl (C=O) groups is 8. The number of aromatic amines is 1. The first-order valence-electron chi connectivity index (χ1n) is 18.1. The number of aliphatic carboxylic acids is 1. The second-order valence-electron chi connectivity index (χ2n) is 15.0. The molecule has 0 unspecified atom stereocenters. The van der Waals surface area contributed by atoms with Gasteiger partial charge in [-0.25, -0.2) is 9.78 Å². The number of nitrogens with one attached hydrogen (secondary N) is 7. The molecule has 0 aliphatic rings. The van der Waals surface area contributed by atoms with Crippen molar-refractivity contribution in [3.8, 4) is 0 Å². The molecule has 7 amide bonds. The summed E-state index contributed by atoms with van der Waals surface area (Å²) in [6.45, 7) is 13.7. The number of hydrogen-bond acceptors (Lipinski definition) is 10. The Morgan fingerprint density at radius 2 is 1.20 bits per heavy atom. The van der Waals surface area contributed by atoms with Crippen LogP contribution in [0.15, 0.2) is 12.5 Å². The summed E-state index contributed by atoms with van der Waals surface area (Å²) >= 11 is 0. The smallest absolute Gasteiger partial charge is 0.326 e. The zero-order valence-corrected chi connectivity index (χ0v) is 32.5. The first kappa shape index (κ1) is 47.0. The van der Waals surface area contributed by atoms with E-state index in [1.54, 1.807) is 41.5 Å². The van der Waals surface area contributed by atoms with Crippen molar-refractivity contribution in [2.45, 2.75) is 124 Å². The highest BCUT2D eigenvalue weighted by atomic mass is 16.4. The average Bonchev–Trinajstić information content (AvgIpc) is 3.56. The third-order valence-corrected chi connectivity index (χ3v) is 8.06. The Morgan fingerprint density at radius 3 is 1.70 bits per heavy atom. The van der Waals surface area contributed by atoms with Crippen molar-refractivity contribution >= 4 is 47.3 Å². The van der Waals surface area contributed by atoms with E-state index in [1.807, 2.05) is 13.8 Å². The standard InChI is InChI=1S/C35H60N10O9/c1-17(2)9-22(36)30(48)39-15-28(47)41-24(12-21-14-38-16-40-21)32(50)42-23(10-18(3)4)31(49)43-25(13-27(37)46)33(51)45-29(20(7)8)34(52)44-26(35(53)54)11-19(5)6/h14,16-20,22-26,29H,9-13,15,36H2,1-8H3,(H2,37,46)(H,38,40)(H,39,48)(H,41,47)(H,42,50)(H,43,49)(H,44,52)(H,45,51)(H,53,54)/t22-,23-,24-,25-,26-,29-/m0/s1. The SMILES string of the molecule is CC(C)C[C@H](NC(=O)[C@@H](NC(=O)[C@H](CC(N)=O)NC(=O)[C@H](CC(C)C)NC(=O)[C@H](Cc1cnc[nH]1)NC(=O)CNC(=O)[C@@H](N)CC(C)C)C(C)C)C(=O)O. The molecule has 0 aromatic carbocycles. The maximum Gasteiger partial charge on any atom is 0.326 e. The van der Waals surface area contributed by atoms with Crippen LogP contribution in [0.1, 0.15) is 86.8 Å². The fourth-order valence-electron chi connectivity index (χ4n) is 5.39. The molecule has 0 saturated heterocycles. The van der Waals surface area contributed by atoms with Crippen molar-refractivity contribution < 1.29 is 43.5 Å². The van der Waals surface area contributed by atoms with Gasteiger partial charge in [0.05, 0.1) is 25.3 Å². The highest BCUT2D eigenvalue weighted by Crippen LogP contribution is 2.11.